The molecule has 2 heteroatoms. The molecule has 0 radical (unpaired) electrons. The summed E-state index contributed by atoms with van der Waals surface area (Å²) in [5, 5.41) is 12.6. The zero-order valence-corrected chi connectivity index (χ0v) is 8.05. The van der Waals surface area contributed by atoms with Crippen LogP contribution in [0.3, 0.4) is 0 Å². The summed E-state index contributed by atoms with van der Waals surface area (Å²) in [6.07, 6.45) is 6.28. The first-order valence-electron chi connectivity index (χ1n) is 5.22. The average Bonchev–Trinajstić information content (AvgIpc) is 2.15. The van der Waals surface area contributed by atoms with Crippen molar-refractivity contribution < 1.29 is 5.11 Å². The second-order valence-corrected chi connectivity index (χ2v) is 3.79. The van der Waals surface area contributed by atoms with E-state index in [4.69, 9.17) is 5.11 Å². The molecule has 0 aromatic heterocycles. The summed E-state index contributed by atoms with van der Waals surface area (Å²) in [6.45, 7) is 3.65. The van der Waals surface area contributed by atoms with Gasteiger partial charge in [0.15, 0.2) is 0 Å². The Hall–Kier alpha value is -0.0800. The molecular formula is C10H21NO. The highest BCUT2D eigenvalue weighted by molar-refractivity contribution is 4.80. The van der Waals surface area contributed by atoms with Crippen LogP contribution in [-0.4, -0.2) is 24.3 Å². The van der Waals surface area contributed by atoms with E-state index in [1.165, 1.54) is 32.1 Å². The molecule has 0 bridgehead atoms. The van der Waals surface area contributed by atoms with Crippen molar-refractivity contribution in [3.63, 3.8) is 0 Å². The fourth-order valence-corrected chi connectivity index (χ4v) is 2.02. The minimum absolute atomic E-state index is 0.362. The quantitative estimate of drug-likeness (QED) is 0.672. The largest absolute Gasteiger partial charge is 0.396 e. The van der Waals surface area contributed by atoms with Gasteiger partial charge in [-0.2, -0.15) is 0 Å². The summed E-state index contributed by atoms with van der Waals surface area (Å²) in [5.74, 6) is 0.519. The zero-order valence-electron chi connectivity index (χ0n) is 8.05. The van der Waals surface area contributed by atoms with E-state index in [2.05, 4.69) is 12.2 Å². The van der Waals surface area contributed by atoms with Crippen LogP contribution in [0.5, 0.6) is 0 Å². The van der Waals surface area contributed by atoms with Crippen LogP contribution in [-0.2, 0) is 0 Å². The lowest BCUT2D eigenvalue weighted by Crippen LogP contribution is -2.40. The molecule has 0 heterocycles. The second-order valence-electron chi connectivity index (χ2n) is 3.79. The van der Waals surface area contributed by atoms with Crippen LogP contribution in [0, 0.1) is 5.92 Å². The number of hydrogen-bond donors (Lipinski definition) is 2. The SMILES string of the molecule is CCCNC1CCCCC1CO. The molecule has 2 atom stereocenters. The van der Waals surface area contributed by atoms with Gasteiger partial charge in [-0.1, -0.05) is 19.8 Å². The van der Waals surface area contributed by atoms with Gasteiger partial charge < -0.3 is 10.4 Å². The van der Waals surface area contributed by atoms with Crippen LogP contribution in [0.4, 0.5) is 0 Å². The first-order valence-corrected chi connectivity index (χ1v) is 5.22. The fraction of sp³-hybridized carbons (Fsp3) is 1.00. The minimum atomic E-state index is 0.362. The molecule has 2 unspecified atom stereocenters. The van der Waals surface area contributed by atoms with Gasteiger partial charge in [0, 0.05) is 12.6 Å². The highest BCUT2D eigenvalue weighted by Crippen LogP contribution is 2.23. The number of nitrogens with one attached hydrogen (secondary N) is 1. The number of aliphatic hydroxyl groups is 1. The molecule has 12 heavy (non-hydrogen) atoms. The van der Waals surface area contributed by atoms with Crippen molar-refractivity contribution in [2.45, 2.75) is 45.1 Å². The van der Waals surface area contributed by atoms with Gasteiger partial charge in [-0.15, -0.1) is 0 Å². The summed E-state index contributed by atoms with van der Waals surface area (Å²) in [4.78, 5) is 0. The third-order valence-corrected chi connectivity index (χ3v) is 2.80. The normalized spacial score (nSPS) is 30.5. The van der Waals surface area contributed by atoms with Crippen molar-refractivity contribution in [2.75, 3.05) is 13.2 Å². The van der Waals surface area contributed by atoms with Crippen molar-refractivity contribution in [3.05, 3.63) is 0 Å². The van der Waals surface area contributed by atoms with Crippen LogP contribution in [0.2, 0.25) is 0 Å². The first kappa shape index (κ1) is 10.0. The third-order valence-electron chi connectivity index (χ3n) is 2.80. The molecular weight excluding hydrogens is 150 g/mol. The van der Waals surface area contributed by atoms with E-state index < -0.39 is 0 Å². The second kappa shape index (κ2) is 5.55. The summed E-state index contributed by atoms with van der Waals surface area (Å²) in [7, 11) is 0. The van der Waals surface area contributed by atoms with Crippen LogP contribution < -0.4 is 5.32 Å². The van der Waals surface area contributed by atoms with Gasteiger partial charge in [-0.3, -0.25) is 0 Å². The molecule has 1 rings (SSSR count). The van der Waals surface area contributed by atoms with Crippen LogP contribution >= 0.6 is 0 Å². The molecule has 72 valence electrons. The van der Waals surface area contributed by atoms with Crippen molar-refractivity contribution in [2.24, 2.45) is 5.92 Å². The van der Waals surface area contributed by atoms with Gasteiger partial charge in [0.2, 0.25) is 0 Å². The monoisotopic (exact) mass is 171 g/mol. The van der Waals surface area contributed by atoms with E-state index in [0.29, 0.717) is 18.6 Å². The topological polar surface area (TPSA) is 32.3 Å². The number of hydrogen-bond acceptors (Lipinski definition) is 2. The lowest BCUT2D eigenvalue weighted by molar-refractivity contribution is 0.153. The zero-order chi connectivity index (χ0) is 8.81. The van der Waals surface area contributed by atoms with Crippen LogP contribution in [0.25, 0.3) is 0 Å². The predicted molar refractivity (Wildman–Crippen MR) is 51.1 cm³/mol. The highest BCUT2D eigenvalue weighted by Gasteiger charge is 2.23. The van der Waals surface area contributed by atoms with E-state index in [0.717, 1.165) is 6.54 Å². The Morgan fingerprint density at radius 3 is 2.75 bits per heavy atom. The lowest BCUT2D eigenvalue weighted by atomic mass is 9.85. The van der Waals surface area contributed by atoms with Gasteiger partial charge in [0.25, 0.3) is 0 Å². The number of aliphatic hydroxyl groups excluding tert-OH is 1. The summed E-state index contributed by atoms with van der Waals surface area (Å²) < 4.78 is 0. The van der Waals surface area contributed by atoms with E-state index in [1.54, 1.807) is 0 Å². The maximum Gasteiger partial charge on any atom is 0.0474 e. The Kier molecular flexibility index (Phi) is 4.62. The summed E-state index contributed by atoms with van der Waals surface area (Å²) in [6, 6.07) is 0.587. The molecule has 0 amide bonds. The molecule has 1 aliphatic carbocycles. The Labute approximate surface area is 75.4 Å². The molecule has 0 aromatic rings. The molecule has 0 aromatic carbocycles. The van der Waals surface area contributed by atoms with Crippen LogP contribution in [0.1, 0.15) is 39.0 Å². The van der Waals surface area contributed by atoms with Gasteiger partial charge >= 0.3 is 0 Å². The smallest absolute Gasteiger partial charge is 0.0474 e. The van der Waals surface area contributed by atoms with E-state index in [-0.39, 0.29) is 0 Å². The summed E-state index contributed by atoms with van der Waals surface area (Å²) >= 11 is 0. The highest BCUT2D eigenvalue weighted by atomic mass is 16.3. The van der Waals surface area contributed by atoms with Gasteiger partial charge in [-0.25, -0.2) is 0 Å². The lowest BCUT2D eigenvalue weighted by Gasteiger charge is -2.30. The van der Waals surface area contributed by atoms with Gasteiger partial charge in [0.05, 0.1) is 0 Å². The molecule has 1 aliphatic rings. The van der Waals surface area contributed by atoms with E-state index >= 15 is 0 Å². The Morgan fingerprint density at radius 2 is 2.08 bits per heavy atom. The van der Waals surface area contributed by atoms with Gasteiger partial charge in [-0.05, 0) is 31.7 Å². The fourth-order valence-electron chi connectivity index (χ4n) is 2.02. The van der Waals surface area contributed by atoms with Crippen molar-refractivity contribution in [1.82, 2.24) is 5.32 Å². The molecule has 1 fully saturated rings. The Bertz CT molecular complexity index is 116. The molecule has 1 saturated carbocycles. The number of rotatable bonds is 4. The van der Waals surface area contributed by atoms with E-state index in [1.807, 2.05) is 0 Å². The first-order chi connectivity index (χ1) is 5.88. The molecule has 0 spiro atoms. The molecule has 0 aliphatic heterocycles. The minimum Gasteiger partial charge on any atom is -0.396 e. The van der Waals surface area contributed by atoms with E-state index in [9.17, 15) is 0 Å². The maximum absolute atomic E-state index is 9.12. The van der Waals surface area contributed by atoms with Crippen molar-refractivity contribution >= 4 is 0 Å². The molecule has 0 saturated heterocycles. The predicted octanol–water partition coefficient (Wildman–Crippen LogP) is 1.54. The van der Waals surface area contributed by atoms with Crippen molar-refractivity contribution in [1.29, 1.82) is 0 Å². The standard InChI is InChI=1S/C10H21NO/c1-2-7-11-10-6-4-3-5-9(10)8-12/h9-12H,2-8H2,1H3. The third kappa shape index (κ3) is 2.76. The maximum atomic E-state index is 9.12. The van der Waals surface area contributed by atoms with Crippen LogP contribution in [0.15, 0.2) is 0 Å². The van der Waals surface area contributed by atoms with Crippen molar-refractivity contribution in [3.8, 4) is 0 Å². The molecule has 2 nitrogen and oxygen atoms in total. The van der Waals surface area contributed by atoms with Gasteiger partial charge in [0.1, 0.15) is 0 Å². The Balaban J connectivity index is 2.26. The molecule has 2 N–H and O–H groups in total. The summed E-state index contributed by atoms with van der Waals surface area (Å²) in [5.41, 5.74) is 0. The Morgan fingerprint density at radius 1 is 1.33 bits per heavy atom. The average molecular weight is 171 g/mol.